The van der Waals surface area contributed by atoms with Gasteiger partial charge in [-0.2, -0.15) is 0 Å². The molecule has 0 fully saturated rings. The highest BCUT2D eigenvalue weighted by molar-refractivity contribution is 7.99. The average molecular weight is 459 g/mol. The quantitative estimate of drug-likeness (QED) is 0.375. The van der Waals surface area contributed by atoms with Crippen LogP contribution in [0.5, 0.6) is 0 Å². The molecule has 0 aliphatic carbocycles. The molecule has 168 valence electrons. The molecule has 0 bridgehead atoms. The molecule has 4 rings (SSSR count). The Morgan fingerprint density at radius 3 is 2.52 bits per heavy atom. The highest BCUT2D eigenvalue weighted by atomic mass is 32.2. The first-order valence-corrected chi connectivity index (χ1v) is 11.7. The minimum absolute atomic E-state index is 0.0812. The molecule has 0 saturated heterocycles. The van der Waals surface area contributed by atoms with E-state index in [1.807, 2.05) is 91.2 Å². The topological polar surface area (TPSA) is 76.0 Å². The average Bonchev–Trinajstić information content (AvgIpc) is 3.16. The van der Waals surface area contributed by atoms with Crippen molar-refractivity contribution in [2.45, 2.75) is 32.1 Å². The van der Waals surface area contributed by atoms with Gasteiger partial charge in [0.05, 0.1) is 16.8 Å². The van der Waals surface area contributed by atoms with Gasteiger partial charge < -0.3 is 15.2 Å². The van der Waals surface area contributed by atoms with E-state index >= 15 is 0 Å². The molecule has 6 nitrogen and oxygen atoms in total. The molecule has 0 radical (unpaired) electrons. The Bertz CT molecular complexity index is 1280. The number of hydrogen-bond donors (Lipinski definition) is 2. The van der Waals surface area contributed by atoms with Crippen LogP contribution >= 0.6 is 11.8 Å². The Hall–Kier alpha value is -3.58. The Balaban J connectivity index is 1.45. The maximum Gasteiger partial charge on any atom is 0.244 e. The molecule has 0 unspecified atom stereocenters. The van der Waals surface area contributed by atoms with Crippen molar-refractivity contribution in [1.29, 1.82) is 0 Å². The number of nitrogens with zero attached hydrogens (tertiary/aromatic N) is 2. The smallest absolute Gasteiger partial charge is 0.244 e. The third kappa shape index (κ3) is 5.81. The van der Waals surface area contributed by atoms with Gasteiger partial charge in [0.25, 0.3) is 0 Å². The summed E-state index contributed by atoms with van der Waals surface area (Å²) in [5.74, 6) is -0.00100. The summed E-state index contributed by atoms with van der Waals surface area (Å²) in [7, 11) is 0. The Morgan fingerprint density at radius 2 is 1.70 bits per heavy atom. The summed E-state index contributed by atoms with van der Waals surface area (Å²) in [5, 5.41) is 6.58. The molecule has 0 aliphatic heterocycles. The molecule has 4 aromatic rings. The van der Waals surface area contributed by atoms with Gasteiger partial charge in [0, 0.05) is 12.2 Å². The summed E-state index contributed by atoms with van der Waals surface area (Å²) < 4.78 is 1.87. The van der Waals surface area contributed by atoms with Gasteiger partial charge in [-0.05, 0) is 48.7 Å². The minimum atomic E-state index is -0.137. The number of rotatable bonds is 8. The first-order chi connectivity index (χ1) is 16.0. The van der Waals surface area contributed by atoms with E-state index in [1.54, 1.807) is 0 Å². The highest BCUT2D eigenvalue weighted by Gasteiger charge is 2.16. The van der Waals surface area contributed by atoms with Gasteiger partial charge in [0.2, 0.25) is 11.8 Å². The number of benzene rings is 3. The molecular formula is C26H26N4O2S. The standard InChI is InChI=1S/C26H26N4O2S/c1-18-12-13-19(2)22(14-18)28-24(31)16-30-23-11-7-6-10-21(23)29-26(30)33-17-25(32)27-15-20-8-4-3-5-9-20/h3-14H,15-17H2,1-2H3,(H,27,32)(H,28,31). The van der Waals surface area contributed by atoms with Gasteiger partial charge in [-0.15, -0.1) is 0 Å². The summed E-state index contributed by atoms with van der Waals surface area (Å²) in [6.07, 6.45) is 0. The number of imidazole rings is 1. The Morgan fingerprint density at radius 1 is 0.939 bits per heavy atom. The number of carbonyl (C=O) groups is 2. The maximum absolute atomic E-state index is 12.9. The fourth-order valence-electron chi connectivity index (χ4n) is 3.50. The van der Waals surface area contributed by atoms with Crippen molar-refractivity contribution in [3.63, 3.8) is 0 Å². The van der Waals surface area contributed by atoms with Gasteiger partial charge in [0.1, 0.15) is 6.54 Å². The first kappa shape index (κ1) is 22.6. The van der Waals surface area contributed by atoms with E-state index in [2.05, 4.69) is 15.6 Å². The molecule has 7 heteroatoms. The van der Waals surface area contributed by atoms with Gasteiger partial charge in [-0.3, -0.25) is 9.59 Å². The second kappa shape index (κ2) is 10.4. The summed E-state index contributed by atoms with van der Waals surface area (Å²) in [4.78, 5) is 29.9. The zero-order chi connectivity index (χ0) is 23.2. The van der Waals surface area contributed by atoms with Crippen LogP contribution in [-0.2, 0) is 22.7 Å². The number of fused-ring (bicyclic) bond motifs is 1. The summed E-state index contributed by atoms with van der Waals surface area (Å²) in [6.45, 7) is 4.56. The van der Waals surface area contributed by atoms with Crippen molar-refractivity contribution in [2.75, 3.05) is 11.1 Å². The lowest BCUT2D eigenvalue weighted by molar-refractivity contribution is -0.118. The predicted octanol–water partition coefficient (Wildman–Crippen LogP) is 4.70. The molecule has 1 aromatic heterocycles. The van der Waals surface area contributed by atoms with E-state index < -0.39 is 0 Å². The van der Waals surface area contributed by atoms with Crippen LogP contribution in [0, 0.1) is 13.8 Å². The van der Waals surface area contributed by atoms with E-state index in [0.29, 0.717) is 11.7 Å². The van der Waals surface area contributed by atoms with Gasteiger partial charge in [-0.1, -0.05) is 66.4 Å². The van der Waals surface area contributed by atoms with Crippen LogP contribution in [0.1, 0.15) is 16.7 Å². The number of carbonyl (C=O) groups excluding carboxylic acids is 2. The van der Waals surface area contributed by atoms with Crippen molar-refractivity contribution in [3.8, 4) is 0 Å². The summed E-state index contributed by atoms with van der Waals surface area (Å²) >= 11 is 1.33. The van der Waals surface area contributed by atoms with Gasteiger partial charge >= 0.3 is 0 Å². The lowest BCUT2D eigenvalue weighted by Gasteiger charge is -2.12. The van der Waals surface area contributed by atoms with Crippen molar-refractivity contribution in [1.82, 2.24) is 14.9 Å². The van der Waals surface area contributed by atoms with E-state index in [0.717, 1.165) is 33.4 Å². The highest BCUT2D eigenvalue weighted by Crippen LogP contribution is 2.24. The van der Waals surface area contributed by atoms with Gasteiger partial charge in [-0.25, -0.2) is 4.98 Å². The number of thioether (sulfide) groups is 1. The van der Waals surface area contributed by atoms with E-state index in [-0.39, 0.29) is 24.1 Å². The lowest BCUT2D eigenvalue weighted by atomic mass is 10.1. The third-order valence-corrected chi connectivity index (χ3v) is 6.23. The molecule has 0 spiro atoms. The summed E-state index contributed by atoms with van der Waals surface area (Å²) in [6, 6.07) is 23.4. The second-order valence-corrected chi connectivity index (χ2v) is 8.83. The molecular weight excluding hydrogens is 432 g/mol. The number of nitrogens with one attached hydrogen (secondary N) is 2. The molecule has 33 heavy (non-hydrogen) atoms. The second-order valence-electron chi connectivity index (χ2n) is 7.89. The molecule has 1 heterocycles. The fraction of sp³-hybridized carbons (Fsp3) is 0.192. The van der Waals surface area contributed by atoms with Crippen LogP contribution in [-0.4, -0.2) is 27.1 Å². The predicted molar refractivity (Wildman–Crippen MR) is 133 cm³/mol. The molecule has 0 aliphatic rings. The number of aromatic nitrogens is 2. The number of anilines is 1. The lowest BCUT2D eigenvalue weighted by Crippen LogP contribution is -2.25. The van der Waals surface area contributed by atoms with E-state index in [4.69, 9.17) is 0 Å². The van der Waals surface area contributed by atoms with E-state index in [9.17, 15) is 9.59 Å². The minimum Gasteiger partial charge on any atom is -0.351 e. The SMILES string of the molecule is Cc1ccc(C)c(NC(=O)Cn2c(SCC(=O)NCc3ccccc3)nc3ccccc32)c1. The zero-order valence-electron chi connectivity index (χ0n) is 18.7. The van der Waals surface area contributed by atoms with Gasteiger partial charge in [0.15, 0.2) is 5.16 Å². The number of hydrogen-bond acceptors (Lipinski definition) is 4. The Labute approximate surface area is 197 Å². The molecule has 2 amide bonds. The Kier molecular flexibility index (Phi) is 7.10. The first-order valence-electron chi connectivity index (χ1n) is 10.8. The van der Waals surface area contributed by atoms with Crippen molar-refractivity contribution in [3.05, 3.63) is 89.5 Å². The molecule has 3 aromatic carbocycles. The molecule has 0 atom stereocenters. The maximum atomic E-state index is 12.9. The van der Waals surface area contributed by atoms with Crippen LogP contribution in [0.2, 0.25) is 0 Å². The van der Waals surface area contributed by atoms with Crippen molar-refractivity contribution in [2.24, 2.45) is 0 Å². The number of para-hydroxylation sites is 2. The zero-order valence-corrected chi connectivity index (χ0v) is 19.5. The van der Waals surface area contributed by atoms with Crippen molar-refractivity contribution < 1.29 is 9.59 Å². The molecule has 0 saturated carbocycles. The third-order valence-electron chi connectivity index (χ3n) is 5.25. The monoisotopic (exact) mass is 458 g/mol. The van der Waals surface area contributed by atoms with Crippen LogP contribution in [0.3, 0.4) is 0 Å². The number of aryl methyl sites for hydroxylation is 2. The number of amides is 2. The van der Waals surface area contributed by atoms with Crippen molar-refractivity contribution >= 4 is 40.3 Å². The fourth-order valence-corrected chi connectivity index (χ4v) is 4.34. The largest absolute Gasteiger partial charge is 0.351 e. The van der Waals surface area contributed by atoms with Crippen LogP contribution < -0.4 is 10.6 Å². The van der Waals surface area contributed by atoms with Crippen LogP contribution in [0.25, 0.3) is 11.0 Å². The van der Waals surface area contributed by atoms with Crippen LogP contribution in [0.4, 0.5) is 5.69 Å². The normalized spacial score (nSPS) is 10.8. The molecule has 2 N–H and O–H groups in total. The van der Waals surface area contributed by atoms with E-state index in [1.165, 1.54) is 11.8 Å². The summed E-state index contributed by atoms with van der Waals surface area (Å²) in [5.41, 5.74) is 5.60. The van der Waals surface area contributed by atoms with Crippen LogP contribution in [0.15, 0.2) is 78.0 Å².